The molecule has 0 aliphatic heterocycles. The summed E-state index contributed by atoms with van der Waals surface area (Å²) in [7, 11) is -3.70. The van der Waals surface area contributed by atoms with E-state index >= 15 is 0 Å². The Morgan fingerprint density at radius 1 is 0.911 bits per heavy atom. The van der Waals surface area contributed by atoms with E-state index in [2.05, 4.69) is 20.7 Å². The maximum absolute atomic E-state index is 13.7. The molecule has 2 unspecified atom stereocenters. The predicted octanol–water partition coefficient (Wildman–Crippen LogP) is 4.95. The van der Waals surface area contributed by atoms with Crippen molar-refractivity contribution in [2.24, 2.45) is 0 Å². The lowest BCUT2D eigenvalue weighted by atomic mass is 9.99. The molecular formula is C33H40N4O6S2. The number of aliphatic hydroxyl groups excluding tert-OH is 1. The van der Waals surface area contributed by atoms with Crippen molar-refractivity contribution in [3.63, 3.8) is 0 Å². The molecular weight excluding hydrogens is 613 g/mol. The number of rotatable bonds is 15. The lowest BCUT2D eigenvalue weighted by Crippen LogP contribution is -2.49. The van der Waals surface area contributed by atoms with Crippen LogP contribution in [-0.2, 0) is 16.4 Å². The minimum absolute atomic E-state index is 0.0678. The van der Waals surface area contributed by atoms with Crippen molar-refractivity contribution < 1.29 is 27.5 Å². The summed E-state index contributed by atoms with van der Waals surface area (Å²) in [5.74, 6) is -0.500. The number of anilines is 1. The number of hydrogen-bond donors (Lipinski definition) is 5. The van der Waals surface area contributed by atoms with Gasteiger partial charge in [0.25, 0.3) is 11.8 Å². The summed E-state index contributed by atoms with van der Waals surface area (Å²) in [5.41, 5.74) is 1.18. The number of aryl methyl sites for hydroxylation is 1. The summed E-state index contributed by atoms with van der Waals surface area (Å²) in [6.45, 7) is 7.40. The normalized spacial score (nSPS) is 14.2. The first-order chi connectivity index (χ1) is 21.4. The van der Waals surface area contributed by atoms with E-state index in [0.29, 0.717) is 12.2 Å². The lowest BCUT2D eigenvalue weighted by Gasteiger charge is -2.26. The first-order valence-corrected chi connectivity index (χ1v) is 17.2. The minimum atomic E-state index is -3.70. The average Bonchev–Trinajstić information content (AvgIpc) is 3.72. The number of carbonyl (C=O) groups is 2. The van der Waals surface area contributed by atoms with Crippen molar-refractivity contribution in [1.29, 1.82) is 0 Å². The zero-order valence-corrected chi connectivity index (χ0v) is 27.4. The maximum atomic E-state index is 13.7. The molecule has 10 nitrogen and oxygen atoms in total. The highest BCUT2D eigenvalue weighted by atomic mass is 32.2. The second-order valence-electron chi connectivity index (χ2n) is 10.9. The van der Waals surface area contributed by atoms with Crippen LogP contribution in [0.2, 0.25) is 0 Å². The van der Waals surface area contributed by atoms with Crippen LogP contribution in [0.15, 0.2) is 83.5 Å². The Labute approximate surface area is 268 Å². The molecule has 4 rings (SSSR count). The van der Waals surface area contributed by atoms with Crippen LogP contribution in [0.4, 0.5) is 5.69 Å². The van der Waals surface area contributed by atoms with Crippen LogP contribution >= 0.6 is 11.3 Å². The van der Waals surface area contributed by atoms with E-state index in [1.165, 1.54) is 25.1 Å². The summed E-state index contributed by atoms with van der Waals surface area (Å²) in [6.07, 6.45) is 0.916. The SMILES string of the molecule is CCS(=O)(=O)Nc1cc(C(=O)NC(C)c2ccc(C)s2)cc(C(=O)N[C@@H](Cc2ccccc2)[C@H](O)CNC(C)c2ccco2)c1. The second kappa shape index (κ2) is 15.3. The second-order valence-corrected chi connectivity index (χ2v) is 14.3. The monoisotopic (exact) mass is 652 g/mol. The number of nitrogens with one attached hydrogen (secondary N) is 4. The molecule has 2 amide bonds. The van der Waals surface area contributed by atoms with Gasteiger partial charge in [0.05, 0.1) is 41.9 Å². The van der Waals surface area contributed by atoms with Crippen LogP contribution in [0.5, 0.6) is 0 Å². The van der Waals surface area contributed by atoms with E-state index in [0.717, 1.165) is 15.3 Å². The molecule has 0 spiro atoms. The standard InChI is InChI=1S/C33H40N4O6S2/c1-5-45(41,42)37-27-18-25(32(39)35-23(4)31-14-13-21(2)44-31)17-26(19-27)33(40)36-28(16-24-10-7-6-8-11-24)29(38)20-34-22(3)30-12-9-15-43-30/h6-15,17-19,22-23,28-29,34,37-38H,5,16,20H2,1-4H3,(H,35,39)(H,36,40)/t22?,23?,28-,29+/m0/s1. The average molecular weight is 653 g/mol. The fraction of sp³-hybridized carbons (Fsp3) is 0.333. The van der Waals surface area contributed by atoms with E-state index in [4.69, 9.17) is 4.42 Å². The number of sulfonamides is 1. The van der Waals surface area contributed by atoms with Gasteiger partial charge in [0.15, 0.2) is 0 Å². The van der Waals surface area contributed by atoms with E-state index in [1.54, 1.807) is 23.7 Å². The molecule has 0 saturated heterocycles. The van der Waals surface area contributed by atoms with E-state index < -0.39 is 34.0 Å². The van der Waals surface area contributed by atoms with Crippen LogP contribution < -0.4 is 20.7 Å². The molecule has 4 aromatic rings. The Morgan fingerprint density at radius 3 is 2.20 bits per heavy atom. The fourth-order valence-corrected chi connectivity index (χ4v) is 6.22. The quantitative estimate of drug-likeness (QED) is 0.122. The van der Waals surface area contributed by atoms with Crippen LogP contribution in [0.3, 0.4) is 0 Å². The molecule has 2 heterocycles. The third kappa shape index (κ3) is 9.76. The number of furan rings is 1. The van der Waals surface area contributed by atoms with Gasteiger partial charge in [-0.2, -0.15) is 0 Å². The zero-order chi connectivity index (χ0) is 32.6. The van der Waals surface area contributed by atoms with Crippen molar-refractivity contribution in [3.8, 4) is 0 Å². The van der Waals surface area contributed by atoms with Gasteiger partial charge < -0.3 is 25.5 Å². The summed E-state index contributed by atoms with van der Waals surface area (Å²) in [4.78, 5) is 29.1. The Balaban J connectivity index is 1.58. The number of benzene rings is 2. The van der Waals surface area contributed by atoms with Gasteiger partial charge in [-0.25, -0.2) is 8.42 Å². The molecule has 0 radical (unpaired) electrons. The Kier molecular flexibility index (Phi) is 11.6. The number of amides is 2. The van der Waals surface area contributed by atoms with Gasteiger partial charge in [-0.1, -0.05) is 30.3 Å². The van der Waals surface area contributed by atoms with Crippen LogP contribution in [0, 0.1) is 6.92 Å². The predicted molar refractivity (Wildman–Crippen MR) is 177 cm³/mol. The first-order valence-electron chi connectivity index (χ1n) is 14.8. The highest BCUT2D eigenvalue weighted by Gasteiger charge is 2.25. The maximum Gasteiger partial charge on any atom is 0.251 e. The molecule has 0 aliphatic rings. The third-order valence-electron chi connectivity index (χ3n) is 7.33. The minimum Gasteiger partial charge on any atom is -0.468 e. The summed E-state index contributed by atoms with van der Waals surface area (Å²) in [6, 6.07) is 20.0. The van der Waals surface area contributed by atoms with E-state index in [1.807, 2.05) is 69.3 Å². The number of hydrogen-bond acceptors (Lipinski definition) is 8. The topological polar surface area (TPSA) is 150 Å². The summed E-state index contributed by atoms with van der Waals surface area (Å²) >= 11 is 1.57. The van der Waals surface area contributed by atoms with Crippen molar-refractivity contribution >= 4 is 38.9 Å². The molecule has 0 fully saturated rings. The van der Waals surface area contributed by atoms with E-state index in [9.17, 15) is 23.1 Å². The van der Waals surface area contributed by atoms with Gasteiger partial charge in [0.1, 0.15) is 5.76 Å². The van der Waals surface area contributed by atoms with Crippen molar-refractivity contribution in [2.45, 2.75) is 58.3 Å². The summed E-state index contributed by atoms with van der Waals surface area (Å²) < 4.78 is 32.7. The molecule has 240 valence electrons. The molecule has 0 bridgehead atoms. The van der Waals surface area contributed by atoms with Crippen LogP contribution in [0.1, 0.15) is 74.6 Å². The van der Waals surface area contributed by atoms with Crippen molar-refractivity contribution in [3.05, 3.63) is 111 Å². The Hall–Kier alpha value is -3.97. The molecule has 2 aromatic heterocycles. The van der Waals surface area contributed by atoms with Crippen molar-refractivity contribution in [2.75, 3.05) is 17.0 Å². The van der Waals surface area contributed by atoms with Crippen molar-refractivity contribution in [1.82, 2.24) is 16.0 Å². The van der Waals surface area contributed by atoms with Crippen LogP contribution in [-0.4, -0.2) is 49.8 Å². The van der Waals surface area contributed by atoms with E-state index in [-0.39, 0.29) is 41.2 Å². The molecule has 12 heteroatoms. The number of thiophene rings is 1. The number of carbonyl (C=O) groups excluding carboxylic acids is 2. The third-order valence-corrected chi connectivity index (χ3v) is 9.82. The molecule has 45 heavy (non-hydrogen) atoms. The zero-order valence-electron chi connectivity index (χ0n) is 25.7. The Morgan fingerprint density at radius 2 is 1.60 bits per heavy atom. The molecule has 4 atom stereocenters. The van der Waals surface area contributed by atoms with Gasteiger partial charge in [0.2, 0.25) is 10.0 Å². The highest BCUT2D eigenvalue weighted by Crippen LogP contribution is 2.24. The van der Waals surface area contributed by atoms with Gasteiger partial charge >= 0.3 is 0 Å². The molecule has 5 N–H and O–H groups in total. The molecule has 0 aliphatic carbocycles. The highest BCUT2D eigenvalue weighted by molar-refractivity contribution is 7.92. The fourth-order valence-electron chi connectivity index (χ4n) is 4.72. The summed E-state index contributed by atoms with van der Waals surface area (Å²) in [5, 5.41) is 20.3. The number of aliphatic hydroxyl groups is 1. The van der Waals surface area contributed by atoms with Gasteiger partial charge in [-0.15, -0.1) is 11.3 Å². The van der Waals surface area contributed by atoms with Gasteiger partial charge in [-0.05, 0) is 82.1 Å². The smallest absolute Gasteiger partial charge is 0.251 e. The van der Waals surface area contributed by atoms with Gasteiger partial charge in [-0.3, -0.25) is 14.3 Å². The molecule has 0 saturated carbocycles. The first kappa shape index (κ1) is 33.9. The molecule has 2 aromatic carbocycles. The lowest BCUT2D eigenvalue weighted by molar-refractivity contribution is 0.0824. The largest absolute Gasteiger partial charge is 0.468 e. The van der Waals surface area contributed by atoms with Gasteiger partial charge in [0, 0.05) is 27.4 Å². The van der Waals surface area contributed by atoms with Crippen LogP contribution in [0.25, 0.3) is 0 Å². The Bertz CT molecular complexity index is 1670.